The summed E-state index contributed by atoms with van der Waals surface area (Å²) in [6, 6.07) is 5.74. The molecule has 84 valence electrons. The van der Waals surface area contributed by atoms with Crippen LogP contribution in [-0.2, 0) is 6.54 Å². The third-order valence-corrected chi connectivity index (χ3v) is 2.20. The first-order valence-electron chi connectivity index (χ1n) is 5.19. The maximum atomic E-state index is 5.67. The third kappa shape index (κ3) is 2.73. The Morgan fingerprint density at radius 2 is 2.38 bits per heavy atom. The molecule has 1 unspecified atom stereocenters. The van der Waals surface area contributed by atoms with Crippen LogP contribution in [0.5, 0.6) is 0 Å². The summed E-state index contributed by atoms with van der Waals surface area (Å²) in [4.78, 5) is 4.19. The molecule has 5 nitrogen and oxygen atoms in total. The maximum absolute atomic E-state index is 5.67. The Bertz CT molecular complexity index is 437. The fourth-order valence-electron chi connectivity index (χ4n) is 1.51. The summed E-state index contributed by atoms with van der Waals surface area (Å²) in [5, 5.41) is 7.42. The monoisotopic (exact) mass is 217 g/mol. The van der Waals surface area contributed by atoms with Gasteiger partial charge in [-0.15, -0.1) is 0 Å². The van der Waals surface area contributed by atoms with E-state index in [1.165, 1.54) is 0 Å². The molecule has 0 spiro atoms. The van der Waals surface area contributed by atoms with Gasteiger partial charge in [0, 0.05) is 36.4 Å². The first-order chi connectivity index (χ1) is 7.74. The second-order valence-electron chi connectivity index (χ2n) is 3.75. The van der Waals surface area contributed by atoms with E-state index in [9.17, 15) is 0 Å². The molecule has 5 heteroatoms. The normalized spacial score (nSPS) is 12.3. The number of nitrogens with one attached hydrogen (secondary N) is 1. The Kier molecular flexibility index (Phi) is 3.05. The van der Waals surface area contributed by atoms with E-state index in [1.54, 1.807) is 18.5 Å². The van der Waals surface area contributed by atoms with Crippen molar-refractivity contribution in [1.82, 2.24) is 14.8 Å². The summed E-state index contributed by atoms with van der Waals surface area (Å²) in [6.45, 7) is 2.87. The van der Waals surface area contributed by atoms with E-state index in [0.29, 0.717) is 5.69 Å². The predicted molar refractivity (Wildman–Crippen MR) is 64.0 cm³/mol. The van der Waals surface area contributed by atoms with Crippen molar-refractivity contribution in [2.75, 3.05) is 11.1 Å². The largest absolute Gasteiger partial charge is 0.399 e. The summed E-state index contributed by atoms with van der Waals surface area (Å²) in [5.74, 6) is 0.791. The van der Waals surface area contributed by atoms with Crippen LogP contribution in [0.4, 0.5) is 11.5 Å². The van der Waals surface area contributed by atoms with E-state index in [1.807, 2.05) is 23.0 Å². The number of nitrogens with zero attached hydrogens (tertiary/aromatic N) is 3. The lowest BCUT2D eigenvalue weighted by Crippen LogP contribution is -2.22. The zero-order chi connectivity index (χ0) is 11.4. The number of nitrogens with two attached hydrogens (primary N) is 1. The minimum Gasteiger partial charge on any atom is -0.399 e. The van der Waals surface area contributed by atoms with Gasteiger partial charge in [-0.2, -0.15) is 5.10 Å². The van der Waals surface area contributed by atoms with Crippen LogP contribution in [0.1, 0.15) is 6.92 Å². The average Bonchev–Trinajstić information content (AvgIpc) is 2.70. The Morgan fingerprint density at radius 3 is 3.06 bits per heavy atom. The average molecular weight is 217 g/mol. The Labute approximate surface area is 94.3 Å². The first kappa shape index (κ1) is 10.5. The summed E-state index contributed by atoms with van der Waals surface area (Å²) < 4.78 is 1.88. The standard InChI is InChI=1S/C11H15N5/c1-9(8-16-6-2-4-14-16)15-11-7-10(12)3-5-13-11/h2-7,9H,8H2,1H3,(H3,12,13,15). The van der Waals surface area contributed by atoms with Crippen LogP contribution in [-0.4, -0.2) is 20.8 Å². The summed E-state index contributed by atoms with van der Waals surface area (Å²) in [5.41, 5.74) is 6.38. The Balaban J connectivity index is 1.94. The molecule has 0 bridgehead atoms. The highest BCUT2D eigenvalue weighted by atomic mass is 15.3. The SMILES string of the molecule is CC(Cn1cccn1)Nc1cc(N)ccn1. The molecule has 0 aliphatic rings. The van der Waals surface area contributed by atoms with E-state index in [-0.39, 0.29) is 6.04 Å². The van der Waals surface area contributed by atoms with Crippen molar-refractivity contribution in [2.45, 2.75) is 19.5 Å². The summed E-state index contributed by atoms with van der Waals surface area (Å²) >= 11 is 0. The van der Waals surface area contributed by atoms with Crippen LogP contribution in [0.15, 0.2) is 36.8 Å². The van der Waals surface area contributed by atoms with Gasteiger partial charge >= 0.3 is 0 Å². The van der Waals surface area contributed by atoms with E-state index in [4.69, 9.17) is 5.73 Å². The number of hydrogen-bond donors (Lipinski definition) is 2. The van der Waals surface area contributed by atoms with Crippen LogP contribution in [0, 0.1) is 0 Å². The smallest absolute Gasteiger partial charge is 0.128 e. The maximum Gasteiger partial charge on any atom is 0.128 e. The van der Waals surface area contributed by atoms with Gasteiger partial charge in [-0.1, -0.05) is 0 Å². The van der Waals surface area contributed by atoms with E-state index in [0.717, 1.165) is 12.4 Å². The van der Waals surface area contributed by atoms with Gasteiger partial charge in [0.25, 0.3) is 0 Å². The predicted octanol–water partition coefficient (Wildman–Crippen LogP) is 1.36. The van der Waals surface area contributed by atoms with Gasteiger partial charge in [0.2, 0.25) is 0 Å². The molecule has 3 N–H and O–H groups in total. The van der Waals surface area contributed by atoms with E-state index < -0.39 is 0 Å². The molecule has 2 aromatic heterocycles. The summed E-state index contributed by atoms with van der Waals surface area (Å²) in [6.07, 6.45) is 5.40. The molecule has 0 amide bonds. The molecule has 1 atom stereocenters. The van der Waals surface area contributed by atoms with Gasteiger partial charge in [0.1, 0.15) is 5.82 Å². The molecule has 2 rings (SSSR count). The van der Waals surface area contributed by atoms with Crippen LogP contribution >= 0.6 is 0 Å². The molecule has 2 heterocycles. The molecular weight excluding hydrogens is 202 g/mol. The van der Waals surface area contributed by atoms with Crippen LogP contribution in [0.25, 0.3) is 0 Å². The highest BCUT2D eigenvalue weighted by molar-refractivity contribution is 5.48. The minimum absolute atomic E-state index is 0.245. The van der Waals surface area contributed by atoms with E-state index in [2.05, 4.69) is 22.3 Å². The fourth-order valence-corrected chi connectivity index (χ4v) is 1.51. The van der Waals surface area contributed by atoms with Crippen LogP contribution in [0.2, 0.25) is 0 Å². The number of anilines is 2. The molecule has 0 fully saturated rings. The van der Waals surface area contributed by atoms with Gasteiger partial charge < -0.3 is 11.1 Å². The molecule has 0 aromatic carbocycles. The zero-order valence-corrected chi connectivity index (χ0v) is 9.17. The molecule has 16 heavy (non-hydrogen) atoms. The third-order valence-electron chi connectivity index (χ3n) is 2.20. The van der Waals surface area contributed by atoms with Gasteiger partial charge in [0.05, 0.1) is 6.54 Å². The van der Waals surface area contributed by atoms with Crippen LogP contribution in [0.3, 0.4) is 0 Å². The molecule has 0 radical (unpaired) electrons. The molecule has 2 aromatic rings. The highest BCUT2D eigenvalue weighted by Crippen LogP contribution is 2.09. The van der Waals surface area contributed by atoms with Gasteiger partial charge in [-0.25, -0.2) is 4.98 Å². The van der Waals surface area contributed by atoms with Crippen molar-refractivity contribution >= 4 is 11.5 Å². The van der Waals surface area contributed by atoms with Crippen molar-refractivity contribution in [1.29, 1.82) is 0 Å². The zero-order valence-electron chi connectivity index (χ0n) is 9.17. The van der Waals surface area contributed by atoms with Crippen molar-refractivity contribution in [2.24, 2.45) is 0 Å². The summed E-state index contributed by atoms with van der Waals surface area (Å²) in [7, 11) is 0. The van der Waals surface area contributed by atoms with E-state index >= 15 is 0 Å². The van der Waals surface area contributed by atoms with Crippen molar-refractivity contribution in [3.05, 3.63) is 36.8 Å². The number of hydrogen-bond acceptors (Lipinski definition) is 4. The van der Waals surface area contributed by atoms with Crippen molar-refractivity contribution < 1.29 is 0 Å². The molecule has 0 saturated carbocycles. The van der Waals surface area contributed by atoms with Crippen molar-refractivity contribution in [3.63, 3.8) is 0 Å². The lowest BCUT2D eigenvalue weighted by molar-refractivity contribution is 0.560. The highest BCUT2D eigenvalue weighted by Gasteiger charge is 2.03. The quantitative estimate of drug-likeness (QED) is 0.811. The lowest BCUT2D eigenvalue weighted by atomic mass is 10.3. The number of nitrogen functional groups attached to an aromatic ring is 1. The molecular formula is C11H15N5. The number of aromatic nitrogens is 3. The molecule has 0 aliphatic heterocycles. The Hall–Kier alpha value is -2.04. The number of rotatable bonds is 4. The fraction of sp³-hybridized carbons (Fsp3) is 0.273. The minimum atomic E-state index is 0.245. The second kappa shape index (κ2) is 4.65. The molecule has 0 aliphatic carbocycles. The van der Waals surface area contributed by atoms with Gasteiger partial charge in [-0.3, -0.25) is 4.68 Å². The van der Waals surface area contributed by atoms with Gasteiger partial charge in [-0.05, 0) is 19.1 Å². The second-order valence-corrected chi connectivity index (χ2v) is 3.75. The van der Waals surface area contributed by atoms with Crippen LogP contribution < -0.4 is 11.1 Å². The van der Waals surface area contributed by atoms with Crippen molar-refractivity contribution in [3.8, 4) is 0 Å². The topological polar surface area (TPSA) is 68.8 Å². The molecule has 0 saturated heterocycles. The number of pyridine rings is 1. The van der Waals surface area contributed by atoms with Gasteiger partial charge in [0.15, 0.2) is 0 Å². The Morgan fingerprint density at radius 1 is 1.50 bits per heavy atom. The lowest BCUT2D eigenvalue weighted by Gasteiger charge is -2.14. The first-order valence-corrected chi connectivity index (χ1v) is 5.19.